The van der Waals surface area contributed by atoms with Gasteiger partial charge in [-0.3, -0.25) is 14.5 Å². The van der Waals surface area contributed by atoms with Crippen molar-refractivity contribution in [3.05, 3.63) is 66.0 Å². The Labute approximate surface area is 164 Å². The highest BCUT2D eigenvalue weighted by atomic mass is 19.1. The summed E-state index contributed by atoms with van der Waals surface area (Å²) in [5.41, 5.74) is 0.827. The van der Waals surface area contributed by atoms with Gasteiger partial charge >= 0.3 is 0 Å². The summed E-state index contributed by atoms with van der Waals surface area (Å²) in [7, 11) is 0. The normalized spacial score (nSPS) is 18.5. The van der Waals surface area contributed by atoms with Crippen LogP contribution in [0.4, 0.5) is 10.1 Å². The van der Waals surface area contributed by atoms with Crippen molar-refractivity contribution in [3.8, 4) is 0 Å². The van der Waals surface area contributed by atoms with Crippen molar-refractivity contribution in [2.24, 2.45) is 5.41 Å². The molecule has 1 saturated carbocycles. The van der Waals surface area contributed by atoms with Gasteiger partial charge in [0.25, 0.3) is 0 Å². The van der Waals surface area contributed by atoms with Gasteiger partial charge in [0.2, 0.25) is 11.8 Å². The topological polar surface area (TPSA) is 52.7 Å². The molecule has 0 atom stereocenters. The van der Waals surface area contributed by atoms with Crippen LogP contribution in [0.15, 0.2) is 54.6 Å². The number of hydrogen-bond acceptors (Lipinski definition) is 3. The standard InChI is InChI=1S/C22H24FN3O2/c23-18-6-8-19(9-7-18)24-20(27)22(10-11-22)21(28)26-14-12-25(13-15-26)16-17-4-2-1-3-5-17/h1-9H,10-16H2,(H,24,27). The van der Waals surface area contributed by atoms with Crippen LogP contribution in [-0.2, 0) is 16.1 Å². The molecule has 1 N–H and O–H groups in total. The Kier molecular flexibility index (Phi) is 5.13. The van der Waals surface area contributed by atoms with Gasteiger partial charge in [-0.2, -0.15) is 0 Å². The van der Waals surface area contributed by atoms with E-state index in [1.54, 1.807) is 0 Å². The highest BCUT2D eigenvalue weighted by Gasteiger charge is 2.58. The van der Waals surface area contributed by atoms with E-state index in [2.05, 4.69) is 22.3 Å². The minimum atomic E-state index is -0.948. The number of rotatable bonds is 5. The molecule has 1 heterocycles. The predicted molar refractivity (Wildman–Crippen MR) is 105 cm³/mol. The first kappa shape index (κ1) is 18.6. The first-order valence-corrected chi connectivity index (χ1v) is 9.69. The number of carbonyl (C=O) groups is 2. The van der Waals surface area contributed by atoms with Crippen LogP contribution in [0.5, 0.6) is 0 Å². The van der Waals surface area contributed by atoms with Crippen molar-refractivity contribution in [3.63, 3.8) is 0 Å². The zero-order valence-corrected chi connectivity index (χ0v) is 15.7. The van der Waals surface area contributed by atoms with Gasteiger partial charge in [0.05, 0.1) is 0 Å². The molecule has 1 aliphatic heterocycles. The molecule has 0 spiro atoms. The summed E-state index contributed by atoms with van der Waals surface area (Å²) in [4.78, 5) is 29.9. The van der Waals surface area contributed by atoms with Gasteiger partial charge in [-0.1, -0.05) is 30.3 Å². The lowest BCUT2D eigenvalue weighted by Gasteiger charge is -2.36. The van der Waals surface area contributed by atoms with Gasteiger partial charge in [0, 0.05) is 38.4 Å². The Hall–Kier alpha value is -2.73. The Morgan fingerprint density at radius 3 is 2.18 bits per heavy atom. The molecule has 0 radical (unpaired) electrons. The van der Waals surface area contributed by atoms with E-state index in [4.69, 9.17) is 0 Å². The number of halogens is 1. The third-order valence-electron chi connectivity index (χ3n) is 5.60. The van der Waals surface area contributed by atoms with Crippen LogP contribution >= 0.6 is 0 Å². The molecule has 4 rings (SSSR count). The fraction of sp³-hybridized carbons (Fsp3) is 0.364. The average molecular weight is 381 g/mol. The van der Waals surface area contributed by atoms with E-state index in [-0.39, 0.29) is 17.6 Å². The number of carbonyl (C=O) groups excluding carboxylic acids is 2. The number of benzene rings is 2. The predicted octanol–water partition coefficient (Wildman–Crippen LogP) is 2.89. The number of nitrogens with zero attached hydrogens (tertiary/aromatic N) is 2. The van der Waals surface area contributed by atoms with Crippen molar-refractivity contribution >= 4 is 17.5 Å². The summed E-state index contributed by atoms with van der Waals surface area (Å²) < 4.78 is 13.0. The molecule has 6 heteroatoms. The minimum Gasteiger partial charge on any atom is -0.339 e. The van der Waals surface area contributed by atoms with Crippen LogP contribution in [0.3, 0.4) is 0 Å². The first-order chi connectivity index (χ1) is 13.6. The van der Waals surface area contributed by atoms with Crippen molar-refractivity contribution in [2.75, 3.05) is 31.5 Å². The zero-order valence-electron chi connectivity index (χ0n) is 15.7. The lowest BCUT2D eigenvalue weighted by Crippen LogP contribution is -2.52. The maximum absolute atomic E-state index is 13.0. The second-order valence-electron chi connectivity index (χ2n) is 7.60. The molecular formula is C22H24FN3O2. The van der Waals surface area contributed by atoms with Gasteiger partial charge in [0.15, 0.2) is 0 Å². The molecule has 2 aromatic carbocycles. The first-order valence-electron chi connectivity index (χ1n) is 9.69. The molecule has 1 saturated heterocycles. The highest BCUT2D eigenvalue weighted by molar-refractivity contribution is 6.13. The lowest BCUT2D eigenvalue weighted by molar-refractivity contribution is -0.143. The van der Waals surface area contributed by atoms with Gasteiger partial charge in [-0.25, -0.2) is 4.39 Å². The van der Waals surface area contributed by atoms with Crippen LogP contribution in [0.25, 0.3) is 0 Å². The number of anilines is 1. The smallest absolute Gasteiger partial charge is 0.240 e. The molecular weight excluding hydrogens is 357 g/mol. The van der Waals surface area contributed by atoms with E-state index in [9.17, 15) is 14.0 Å². The van der Waals surface area contributed by atoms with Crippen molar-refractivity contribution in [1.82, 2.24) is 9.80 Å². The quantitative estimate of drug-likeness (QED) is 0.811. The summed E-state index contributed by atoms with van der Waals surface area (Å²) in [6.07, 6.45) is 1.15. The van der Waals surface area contributed by atoms with Crippen LogP contribution in [0.1, 0.15) is 18.4 Å². The van der Waals surface area contributed by atoms with Crippen LogP contribution < -0.4 is 5.32 Å². The molecule has 0 unspecified atom stereocenters. The van der Waals surface area contributed by atoms with Crippen molar-refractivity contribution < 1.29 is 14.0 Å². The molecule has 5 nitrogen and oxygen atoms in total. The maximum atomic E-state index is 13.0. The lowest BCUT2D eigenvalue weighted by atomic mass is 10.0. The fourth-order valence-corrected chi connectivity index (χ4v) is 3.70. The van der Waals surface area contributed by atoms with E-state index >= 15 is 0 Å². The zero-order chi connectivity index (χ0) is 19.6. The summed E-state index contributed by atoms with van der Waals surface area (Å²) in [6.45, 7) is 3.75. The Morgan fingerprint density at radius 2 is 1.57 bits per heavy atom. The van der Waals surface area contributed by atoms with Crippen LogP contribution in [0, 0.1) is 11.2 Å². The van der Waals surface area contributed by atoms with E-state index < -0.39 is 5.41 Å². The summed E-state index contributed by atoms with van der Waals surface area (Å²) >= 11 is 0. The summed E-state index contributed by atoms with van der Waals surface area (Å²) in [5, 5.41) is 2.77. The number of nitrogens with one attached hydrogen (secondary N) is 1. The maximum Gasteiger partial charge on any atom is 0.240 e. The average Bonchev–Trinajstić information content (AvgIpc) is 3.53. The molecule has 2 amide bonds. The van der Waals surface area contributed by atoms with Crippen molar-refractivity contribution in [2.45, 2.75) is 19.4 Å². The third-order valence-corrected chi connectivity index (χ3v) is 5.60. The molecule has 0 bridgehead atoms. The molecule has 28 heavy (non-hydrogen) atoms. The van der Waals surface area contributed by atoms with Gasteiger partial charge in [-0.15, -0.1) is 0 Å². The molecule has 2 aromatic rings. The fourth-order valence-electron chi connectivity index (χ4n) is 3.70. The molecule has 2 fully saturated rings. The Morgan fingerprint density at radius 1 is 0.929 bits per heavy atom. The van der Waals surface area contributed by atoms with E-state index in [0.29, 0.717) is 31.6 Å². The molecule has 2 aliphatic rings. The van der Waals surface area contributed by atoms with Crippen LogP contribution in [-0.4, -0.2) is 47.8 Å². The van der Waals surface area contributed by atoms with Gasteiger partial charge in [0.1, 0.15) is 11.2 Å². The second kappa shape index (κ2) is 7.72. The largest absolute Gasteiger partial charge is 0.339 e. The number of piperazine rings is 1. The van der Waals surface area contributed by atoms with E-state index in [0.717, 1.165) is 19.6 Å². The van der Waals surface area contributed by atoms with E-state index in [1.807, 2.05) is 23.1 Å². The summed E-state index contributed by atoms with van der Waals surface area (Å²) in [5.74, 6) is -0.717. The van der Waals surface area contributed by atoms with Gasteiger partial charge < -0.3 is 10.2 Å². The molecule has 0 aromatic heterocycles. The highest BCUT2D eigenvalue weighted by Crippen LogP contribution is 2.48. The van der Waals surface area contributed by atoms with Crippen molar-refractivity contribution in [1.29, 1.82) is 0 Å². The minimum absolute atomic E-state index is 0.0773. The Bertz CT molecular complexity index is 842. The molecule has 146 valence electrons. The van der Waals surface area contributed by atoms with Crippen LogP contribution in [0.2, 0.25) is 0 Å². The summed E-state index contributed by atoms with van der Waals surface area (Å²) in [6, 6.07) is 15.9. The Balaban J connectivity index is 1.33. The van der Waals surface area contributed by atoms with E-state index in [1.165, 1.54) is 29.8 Å². The third kappa shape index (κ3) is 3.92. The number of amides is 2. The van der Waals surface area contributed by atoms with Gasteiger partial charge in [-0.05, 0) is 42.7 Å². The SMILES string of the molecule is O=C(Nc1ccc(F)cc1)C1(C(=O)N2CCN(Cc3ccccc3)CC2)CC1. The second-order valence-corrected chi connectivity index (χ2v) is 7.60. The monoisotopic (exact) mass is 381 g/mol. The number of hydrogen-bond donors (Lipinski definition) is 1. The molecule has 1 aliphatic carbocycles.